The van der Waals surface area contributed by atoms with Gasteiger partial charge in [0, 0.05) is 11.1 Å². The molecular formula is C29H28ClNO7. The quantitative estimate of drug-likeness (QED) is 0.222. The predicted octanol–water partition coefficient (Wildman–Crippen LogP) is 5.39. The highest BCUT2D eigenvalue weighted by Gasteiger charge is 2.46. The normalized spacial score (nSPS) is 16.4. The maximum Gasteiger partial charge on any atom is 0.295 e. The van der Waals surface area contributed by atoms with Gasteiger partial charge in [-0.1, -0.05) is 35.9 Å². The van der Waals surface area contributed by atoms with Crippen LogP contribution in [-0.4, -0.2) is 49.6 Å². The number of amides is 1. The third-order valence-corrected chi connectivity index (χ3v) is 6.61. The van der Waals surface area contributed by atoms with Gasteiger partial charge in [-0.2, -0.15) is 0 Å². The summed E-state index contributed by atoms with van der Waals surface area (Å²) >= 11 is 6.23. The van der Waals surface area contributed by atoms with E-state index in [2.05, 4.69) is 0 Å². The Morgan fingerprint density at radius 3 is 2.29 bits per heavy atom. The van der Waals surface area contributed by atoms with Gasteiger partial charge in [0.1, 0.15) is 17.3 Å². The third-order valence-electron chi connectivity index (χ3n) is 6.30. The number of ether oxygens (including phenoxy) is 4. The van der Waals surface area contributed by atoms with Crippen LogP contribution in [0.3, 0.4) is 0 Å². The molecule has 1 heterocycles. The highest BCUT2D eigenvalue weighted by atomic mass is 35.5. The molecule has 8 nitrogen and oxygen atoms in total. The Balaban J connectivity index is 1.91. The molecule has 0 aliphatic carbocycles. The molecule has 4 rings (SSSR count). The molecule has 3 aromatic rings. The largest absolute Gasteiger partial charge is 0.507 e. The molecular weight excluding hydrogens is 510 g/mol. The van der Waals surface area contributed by atoms with Gasteiger partial charge in [-0.05, 0) is 48.9 Å². The second-order valence-electron chi connectivity index (χ2n) is 8.43. The SMILES string of the molecule is CCOc1cc(/C(O)=C2/C(=O)C(=O)N(Cc3ccccc3OC)C2c2ccc(OC)c(OC)c2)ccc1Cl. The lowest BCUT2D eigenvalue weighted by Crippen LogP contribution is -2.29. The van der Waals surface area contributed by atoms with Crippen LogP contribution in [0.1, 0.15) is 29.7 Å². The van der Waals surface area contributed by atoms with E-state index in [1.165, 1.54) is 26.2 Å². The fourth-order valence-corrected chi connectivity index (χ4v) is 4.67. The second-order valence-corrected chi connectivity index (χ2v) is 8.84. The first-order valence-corrected chi connectivity index (χ1v) is 12.3. The van der Waals surface area contributed by atoms with Crippen LogP contribution in [0, 0.1) is 0 Å². The Bertz CT molecular complexity index is 1400. The van der Waals surface area contributed by atoms with Crippen LogP contribution in [0.5, 0.6) is 23.0 Å². The van der Waals surface area contributed by atoms with Crippen LogP contribution < -0.4 is 18.9 Å². The summed E-state index contributed by atoms with van der Waals surface area (Å²) in [4.78, 5) is 28.3. The van der Waals surface area contributed by atoms with Crippen molar-refractivity contribution < 1.29 is 33.6 Å². The number of likely N-dealkylation sites (tertiary alicyclic amines) is 1. The zero-order valence-electron chi connectivity index (χ0n) is 21.5. The Hall–Kier alpha value is -4.17. The van der Waals surface area contributed by atoms with Crippen LogP contribution in [-0.2, 0) is 16.1 Å². The summed E-state index contributed by atoms with van der Waals surface area (Å²) in [6, 6.07) is 16.1. The summed E-state index contributed by atoms with van der Waals surface area (Å²) in [5.74, 6) is -0.0942. The molecule has 1 aliphatic rings. The molecule has 1 saturated heterocycles. The van der Waals surface area contributed by atoms with Gasteiger partial charge in [0.05, 0.1) is 51.1 Å². The van der Waals surface area contributed by atoms with Gasteiger partial charge in [-0.25, -0.2) is 0 Å². The van der Waals surface area contributed by atoms with E-state index < -0.39 is 17.7 Å². The van der Waals surface area contributed by atoms with Gasteiger partial charge in [-0.15, -0.1) is 0 Å². The van der Waals surface area contributed by atoms with Crippen LogP contribution in [0.25, 0.3) is 5.76 Å². The predicted molar refractivity (Wildman–Crippen MR) is 143 cm³/mol. The molecule has 0 bridgehead atoms. The molecule has 9 heteroatoms. The van der Waals surface area contributed by atoms with Crippen molar-refractivity contribution in [2.24, 2.45) is 0 Å². The van der Waals surface area contributed by atoms with E-state index in [0.717, 1.165) is 0 Å². The fourth-order valence-electron chi connectivity index (χ4n) is 4.50. The van der Waals surface area contributed by atoms with Crippen molar-refractivity contribution in [3.63, 3.8) is 0 Å². The maximum atomic E-state index is 13.5. The summed E-state index contributed by atoms with van der Waals surface area (Å²) in [5.41, 5.74) is 1.48. The van der Waals surface area contributed by atoms with Crippen molar-refractivity contribution in [3.05, 3.63) is 87.9 Å². The molecule has 198 valence electrons. The van der Waals surface area contributed by atoms with Crippen molar-refractivity contribution in [3.8, 4) is 23.0 Å². The van der Waals surface area contributed by atoms with E-state index in [1.54, 1.807) is 42.5 Å². The van der Waals surface area contributed by atoms with Crippen LogP contribution in [0.4, 0.5) is 0 Å². The van der Waals surface area contributed by atoms with Crippen LogP contribution in [0.15, 0.2) is 66.2 Å². The molecule has 1 unspecified atom stereocenters. The first-order valence-electron chi connectivity index (χ1n) is 11.9. The number of ketones is 1. The van der Waals surface area contributed by atoms with Gasteiger partial charge in [0.15, 0.2) is 11.5 Å². The van der Waals surface area contributed by atoms with Crippen molar-refractivity contribution >= 4 is 29.1 Å². The maximum absolute atomic E-state index is 13.5. The molecule has 1 fully saturated rings. The number of para-hydroxylation sites is 1. The zero-order valence-corrected chi connectivity index (χ0v) is 22.2. The Kier molecular flexibility index (Phi) is 8.12. The number of carbonyl (C=O) groups excluding carboxylic acids is 2. The molecule has 3 aromatic carbocycles. The number of hydrogen-bond donors (Lipinski definition) is 1. The van der Waals surface area contributed by atoms with E-state index in [0.29, 0.717) is 51.3 Å². The van der Waals surface area contributed by atoms with Gasteiger partial charge in [0.25, 0.3) is 11.7 Å². The molecule has 38 heavy (non-hydrogen) atoms. The van der Waals surface area contributed by atoms with Crippen molar-refractivity contribution in [2.45, 2.75) is 19.5 Å². The lowest BCUT2D eigenvalue weighted by atomic mass is 9.94. The van der Waals surface area contributed by atoms with Crippen LogP contribution >= 0.6 is 11.6 Å². The smallest absolute Gasteiger partial charge is 0.295 e. The fraction of sp³-hybridized carbons (Fsp3) is 0.241. The van der Waals surface area contributed by atoms with Crippen molar-refractivity contribution in [2.75, 3.05) is 27.9 Å². The van der Waals surface area contributed by atoms with Gasteiger partial charge in [0.2, 0.25) is 0 Å². The first kappa shape index (κ1) is 26.9. The Morgan fingerprint density at radius 1 is 0.895 bits per heavy atom. The number of nitrogens with zero attached hydrogens (tertiary/aromatic N) is 1. The average Bonchev–Trinajstić information content (AvgIpc) is 3.18. The van der Waals surface area contributed by atoms with Crippen molar-refractivity contribution in [1.82, 2.24) is 4.90 Å². The number of aliphatic hydroxyl groups is 1. The molecule has 0 spiro atoms. The summed E-state index contributed by atoms with van der Waals surface area (Å²) in [6.07, 6.45) is 0. The highest BCUT2D eigenvalue weighted by molar-refractivity contribution is 6.46. The molecule has 1 N–H and O–H groups in total. The Morgan fingerprint density at radius 2 is 1.61 bits per heavy atom. The van der Waals surface area contributed by atoms with Gasteiger partial charge in [-0.3, -0.25) is 9.59 Å². The topological polar surface area (TPSA) is 94.5 Å². The van der Waals surface area contributed by atoms with E-state index in [9.17, 15) is 14.7 Å². The number of Topliss-reactive ketones (excluding diaryl/α,β-unsaturated/α-hetero) is 1. The number of rotatable bonds is 9. The Labute approximate surface area is 225 Å². The standard InChI is InChI=1S/C29H28ClNO7/c1-5-38-23-15-18(10-12-20(23)30)27(32)25-26(17-11-13-22(36-3)24(14-17)37-4)31(29(34)28(25)33)16-19-8-6-7-9-21(19)35-2/h6-15,26,32H,5,16H2,1-4H3/b27-25-. The molecule has 0 aromatic heterocycles. The minimum Gasteiger partial charge on any atom is -0.507 e. The van der Waals surface area contributed by atoms with Crippen LogP contribution in [0.2, 0.25) is 5.02 Å². The number of methoxy groups -OCH3 is 3. The summed E-state index contributed by atoms with van der Waals surface area (Å²) < 4.78 is 21.9. The van der Waals surface area contributed by atoms with Gasteiger partial charge < -0.3 is 29.0 Å². The van der Waals surface area contributed by atoms with Crippen molar-refractivity contribution in [1.29, 1.82) is 0 Å². The van der Waals surface area contributed by atoms with Gasteiger partial charge >= 0.3 is 0 Å². The second kappa shape index (κ2) is 11.5. The number of carbonyl (C=O) groups is 2. The zero-order chi connectivity index (χ0) is 27.4. The number of benzene rings is 3. The summed E-state index contributed by atoms with van der Waals surface area (Å²) in [7, 11) is 4.55. The van der Waals surface area contributed by atoms with E-state index in [1.807, 2.05) is 25.1 Å². The molecule has 1 atom stereocenters. The lowest BCUT2D eigenvalue weighted by Gasteiger charge is -2.26. The lowest BCUT2D eigenvalue weighted by molar-refractivity contribution is -0.140. The minimum atomic E-state index is -0.925. The first-order chi connectivity index (χ1) is 18.3. The number of hydrogen-bond acceptors (Lipinski definition) is 7. The van der Waals surface area contributed by atoms with E-state index >= 15 is 0 Å². The van der Waals surface area contributed by atoms with E-state index in [-0.39, 0.29) is 17.9 Å². The average molecular weight is 538 g/mol. The molecule has 1 amide bonds. The molecule has 0 radical (unpaired) electrons. The number of halogens is 1. The van der Waals surface area contributed by atoms with E-state index in [4.69, 9.17) is 30.5 Å². The monoisotopic (exact) mass is 537 g/mol. The summed E-state index contributed by atoms with van der Waals surface area (Å²) in [6.45, 7) is 2.23. The molecule has 1 aliphatic heterocycles. The highest BCUT2D eigenvalue weighted by Crippen LogP contribution is 2.43. The molecule has 0 saturated carbocycles. The third kappa shape index (κ3) is 4.99. The minimum absolute atomic E-state index is 0.0647. The summed E-state index contributed by atoms with van der Waals surface area (Å²) in [5, 5.41) is 11.8. The number of aliphatic hydroxyl groups excluding tert-OH is 1.